The van der Waals surface area contributed by atoms with Gasteiger partial charge in [0.05, 0.1) is 13.1 Å². The number of anilines is 1. The molecule has 0 atom stereocenters. The number of rotatable bonds is 7. The number of nitrogens with two attached hydrogens (primary N) is 2. The van der Waals surface area contributed by atoms with Crippen LogP contribution in [-0.4, -0.2) is 41.0 Å². The van der Waals surface area contributed by atoms with E-state index in [1.807, 2.05) is 0 Å². The van der Waals surface area contributed by atoms with Crippen molar-refractivity contribution in [3.05, 3.63) is 29.5 Å². The van der Waals surface area contributed by atoms with E-state index in [4.69, 9.17) is 16.6 Å². The third-order valence-corrected chi connectivity index (χ3v) is 2.48. The predicted octanol–water partition coefficient (Wildman–Crippen LogP) is -0.735. The van der Waals surface area contributed by atoms with Gasteiger partial charge in [0.1, 0.15) is 5.82 Å². The zero-order valence-electron chi connectivity index (χ0n) is 11.4. The van der Waals surface area contributed by atoms with Crippen molar-refractivity contribution in [1.82, 2.24) is 4.98 Å². The lowest BCUT2D eigenvalue weighted by atomic mass is 10.2. The summed E-state index contributed by atoms with van der Waals surface area (Å²) in [5, 5.41) is 8.57. The monoisotopic (exact) mass is 292 g/mol. The second-order valence-electron chi connectivity index (χ2n) is 4.37. The SMILES string of the molecule is Cc1cc(/C=C/C(=O)O)cnc1N(CC(N)=O)CC(N)=O. The minimum Gasteiger partial charge on any atom is -0.478 e. The highest BCUT2D eigenvalue weighted by atomic mass is 16.4. The second-order valence-corrected chi connectivity index (χ2v) is 4.37. The van der Waals surface area contributed by atoms with E-state index in [2.05, 4.69) is 4.98 Å². The number of aliphatic carboxylic acids is 1. The Morgan fingerprint density at radius 3 is 2.29 bits per heavy atom. The summed E-state index contributed by atoms with van der Waals surface area (Å²) in [5.74, 6) is -1.92. The molecule has 0 aliphatic rings. The number of aryl methyl sites for hydroxylation is 1. The molecule has 5 N–H and O–H groups in total. The zero-order chi connectivity index (χ0) is 16.0. The van der Waals surface area contributed by atoms with Crippen molar-refractivity contribution in [3.63, 3.8) is 0 Å². The molecule has 0 saturated heterocycles. The number of primary amides is 2. The van der Waals surface area contributed by atoms with Gasteiger partial charge in [-0.15, -0.1) is 0 Å². The van der Waals surface area contributed by atoms with Crippen LogP contribution in [0.2, 0.25) is 0 Å². The third-order valence-electron chi connectivity index (χ3n) is 2.48. The minimum absolute atomic E-state index is 0.193. The molecule has 1 aromatic rings. The molecule has 0 fully saturated rings. The molecule has 0 unspecified atom stereocenters. The average Bonchev–Trinajstić information content (AvgIpc) is 2.34. The molecule has 0 bridgehead atoms. The van der Waals surface area contributed by atoms with Crippen molar-refractivity contribution in [2.45, 2.75) is 6.92 Å². The summed E-state index contributed by atoms with van der Waals surface area (Å²) in [6.07, 6.45) is 3.80. The van der Waals surface area contributed by atoms with Crippen LogP contribution in [0, 0.1) is 6.92 Å². The van der Waals surface area contributed by atoms with E-state index in [9.17, 15) is 14.4 Å². The minimum atomic E-state index is -1.07. The smallest absolute Gasteiger partial charge is 0.328 e. The average molecular weight is 292 g/mol. The van der Waals surface area contributed by atoms with Crippen molar-refractivity contribution < 1.29 is 19.5 Å². The predicted molar refractivity (Wildman–Crippen MR) is 76.2 cm³/mol. The molecule has 0 aliphatic carbocycles. The molecule has 21 heavy (non-hydrogen) atoms. The number of hydrogen-bond donors (Lipinski definition) is 3. The molecule has 1 heterocycles. The molecule has 2 amide bonds. The Bertz CT molecular complexity index is 582. The van der Waals surface area contributed by atoms with Gasteiger partial charge in [-0.25, -0.2) is 9.78 Å². The first-order chi connectivity index (χ1) is 9.79. The molecule has 0 spiro atoms. The molecule has 0 aromatic carbocycles. The highest BCUT2D eigenvalue weighted by Crippen LogP contribution is 2.18. The number of carboxylic acid groups (broad SMARTS) is 1. The first-order valence-electron chi connectivity index (χ1n) is 5.99. The number of carbonyl (C=O) groups excluding carboxylic acids is 2. The fourth-order valence-electron chi connectivity index (χ4n) is 1.76. The topological polar surface area (TPSA) is 140 Å². The van der Waals surface area contributed by atoms with Crippen LogP contribution in [0.25, 0.3) is 6.08 Å². The largest absolute Gasteiger partial charge is 0.478 e. The van der Waals surface area contributed by atoms with E-state index in [-0.39, 0.29) is 13.1 Å². The highest BCUT2D eigenvalue weighted by Gasteiger charge is 2.15. The van der Waals surface area contributed by atoms with E-state index in [1.54, 1.807) is 13.0 Å². The Hall–Kier alpha value is -2.90. The molecule has 8 heteroatoms. The number of pyridine rings is 1. The lowest BCUT2D eigenvalue weighted by Gasteiger charge is -2.22. The summed E-state index contributed by atoms with van der Waals surface area (Å²) >= 11 is 0. The van der Waals surface area contributed by atoms with Crippen LogP contribution in [-0.2, 0) is 14.4 Å². The Morgan fingerprint density at radius 2 is 1.86 bits per heavy atom. The maximum atomic E-state index is 11.0. The molecule has 112 valence electrons. The summed E-state index contributed by atoms with van der Waals surface area (Å²) < 4.78 is 0. The van der Waals surface area contributed by atoms with Crippen LogP contribution in [0.3, 0.4) is 0 Å². The van der Waals surface area contributed by atoms with Gasteiger partial charge in [-0.1, -0.05) is 0 Å². The maximum absolute atomic E-state index is 11.0. The second kappa shape index (κ2) is 7.04. The number of hydrogen-bond acceptors (Lipinski definition) is 5. The fourth-order valence-corrected chi connectivity index (χ4v) is 1.76. The van der Waals surface area contributed by atoms with Crippen LogP contribution >= 0.6 is 0 Å². The highest BCUT2D eigenvalue weighted by molar-refractivity contribution is 5.86. The van der Waals surface area contributed by atoms with Gasteiger partial charge in [-0.05, 0) is 30.2 Å². The Kier molecular flexibility index (Phi) is 5.41. The van der Waals surface area contributed by atoms with Gasteiger partial charge in [0, 0.05) is 12.3 Å². The Labute approximate surface area is 121 Å². The molecule has 8 nitrogen and oxygen atoms in total. The Morgan fingerprint density at radius 1 is 1.29 bits per heavy atom. The van der Waals surface area contributed by atoms with Crippen LogP contribution in [0.4, 0.5) is 5.82 Å². The lowest BCUT2D eigenvalue weighted by Crippen LogP contribution is -2.40. The van der Waals surface area contributed by atoms with Gasteiger partial charge >= 0.3 is 5.97 Å². The summed E-state index contributed by atoms with van der Waals surface area (Å²) in [6.45, 7) is 1.33. The molecule has 1 rings (SSSR count). The van der Waals surface area contributed by atoms with E-state index < -0.39 is 17.8 Å². The summed E-state index contributed by atoms with van der Waals surface area (Å²) in [5.41, 5.74) is 11.5. The van der Waals surface area contributed by atoms with Crippen LogP contribution in [0.1, 0.15) is 11.1 Å². The van der Waals surface area contributed by atoms with Gasteiger partial charge in [0.25, 0.3) is 0 Å². The number of aromatic nitrogens is 1. The molecular formula is C13H16N4O4. The van der Waals surface area contributed by atoms with Gasteiger partial charge in [-0.2, -0.15) is 0 Å². The fraction of sp³-hybridized carbons (Fsp3) is 0.231. The number of amides is 2. The van der Waals surface area contributed by atoms with Crippen molar-refractivity contribution in [3.8, 4) is 0 Å². The van der Waals surface area contributed by atoms with Crippen molar-refractivity contribution in [2.75, 3.05) is 18.0 Å². The summed E-state index contributed by atoms with van der Waals surface area (Å²) in [6, 6.07) is 1.68. The van der Waals surface area contributed by atoms with Crippen molar-refractivity contribution in [2.24, 2.45) is 11.5 Å². The van der Waals surface area contributed by atoms with Crippen LogP contribution in [0.5, 0.6) is 0 Å². The molecular weight excluding hydrogens is 276 g/mol. The molecule has 1 aromatic heterocycles. The van der Waals surface area contributed by atoms with E-state index in [1.165, 1.54) is 17.2 Å². The molecule has 0 radical (unpaired) electrons. The lowest BCUT2D eigenvalue weighted by molar-refractivity contribution is -0.131. The van der Waals surface area contributed by atoms with Gasteiger partial charge < -0.3 is 21.5 Å². The molecule has 0 aliphatic heterocycles. The third kappa shape index (κ3) is 5.31. The quantitative estimate of drug-likeness (QED) is 0.566. The summed E-state index contributed by atoms with van der Waals surface area (Å²) in [4.78, 5) is 38.0. The van der Waals surface area contributed by atoms with E-state index >= 15 is 0 Å². The number of carbonyl (C=O) groups is 3. The molecule has 0 saturated carbocycles. The van der Waals surface area contributed by atoms with Crippen LogP contribution < -0.4 is 16.4 Å². The van der Waals surface area contributed by atoms with Gasteiger partial charge in [0.2, 0.25) is 11.8 Å². The van der Waals surface area contributed by atoms with E-state index in [0.29, 0.717) is 16.9 Å². The first kappa shape index (κ1) is 16.2. The Balaban J connectivity index is 3.06. The number of nitrogens with zero attached hydrogens (tertiary/aromatic N) is 2. The summed E-state index contributed by atoms with van der Waals surface area (Å²) in [7, 11) is 0. The maximum Gasteiger partial charge on any atom is 0.328 e. The van der Waals surface area contributed by atoms with Crippen LogP contribution in [0.15, 0.2) is 18.3 Å². The first-order valence-corrected chi connectivity index (χ1v) is 5.99. The van der Waals surface area contributed by atoms with Crippen molar-refractivity contribution >= 4 is 29.7 Å². The van der Waals surface area contributed by atoms with Crippen molar-refractivity contribution in [1.29, 1.82) is 0 Å². The van der Waals surface area contributed by atoms with Gasteiger partial charge in [0.15, 0.2) is 0 Å². The van der Waals surface area contributed by atoms with Gasteiger partial charge in [-0.3, -0.25) is 9.59 Å². The zero-order valence-corrected chi connectivity index (χ0v) is 11.4. The number of carboxylic acids is 1. The van der Waals surface area contributed by atoms with E-state index in [0.717, 1.165) is 6.08 Å². The normalized spacial score (nSPS) is 10.5. The standard InChI is InChI=1S/C13H16N4O4/c1-8-4-9(2-3-12(20)21)5-16-13(8)17(6-10(14)18)7-11(15)19/h2-5H,6-7H2,1H3,(H2,14,18)(H2,15,19)(H,20,21)/b3-2+.